The molecular weight excluding hydrogens is 411 g/mol. The Morgan fingerprint density at radius 3 is 2.18 bits per heavy atom. The van der Waals surface area contributed by atoms with Crippen LogP contribution < -0.4 is 0 Å². The van der Waals surface area contributed by atoms with E-state index in [1.807, 2.05) is 36.4 Å². The summed E-state index contributed by atoms with van der Waals surface area (Å²) in [6, 6.07) is 22.4. The van der Waals surface area contributed by atoms with Crippen molar-refractivity contribution in [3.8, 4) is 22.3 Å². The number of hydrogen-bond acceptors (Lipinski definition) is 2. The summed E-state index contributed by atoms with van der Waals surface area (Å²) in [4.78, 5) is 0. The van der Waals surface area contributed by atoms with E-state index in [4.69, 9.17) is 9.47 Å². The molecule has 0 N–H and O–H groups in total. The molecule has 0 saturated heterocycles. The van der Waals surface area contributed by atoms with E-state index in [1.54, 1.807) is 7.11 Å². The maximum atomic E-state index is 15.5. The van der Waals surface area contributed by atoms with Crippen molar-refractivity contribution in [2.45, 2.75) is 51.4 Å². The Morgan fingerprint density at radius 1 is 0.848 bits per heavy atom. The molecule has 0 heterocycles. The molecule has 0 amide bonds. The normalized spacial score (nSPS) is 18.2. The van der Waals surface area contributed by atoms with Crippen LogP contribution in [0.1, 0.15) is 43.2 Å². The summed E-state index contributed by atoms with van der Waals surface area (Å²) in [5, 5.41) is 0. The van der Waals surface area contributed by atoms with Gasteiger partial charge in [0.05, 0.1) is 19.3 Å². The third kappa shape index (κ3) is 5.79. The van der Waals surface area contributed by atoms with Crippen LogP contribution in [0.5, 0.6) is 0 Å². The molecule has 172 valence electrons. The highest BCUT2D eigenvalue weighted by molar-refractivity contribution is 5.72. The summed E-state index contributed by atoms with van der Waals surface area (Å²) < 4.78 is 27.0. The third-order valence-electron chi connectivity index (χ3n) is 6.68. The first-order valence-corrected chi connectivity index (χ1v) is 11.9. The van der Waals surface area contributed by atoms with E-state index < -0.39 is 0 Å². The Balaban J connectivity index is 1.55. The monoisotopic (exact) mass is 444 g/mol. The van der Waals surface area contributed by atoms with Gasteiger partial charge in [0.1, 0.15) is 5.82 Å². The minimum absolute atomic E-state index is 0.185. The molecule has 1 aliphatic carbocycles. The van der Waals surface area contributed by atoms with E-state index in [9.17, 15) is 0 Å². The van der Waals surface area contributed by atoms with Crippen molar-refractivity contribution < 1.29 is 13.9 Å². The van der Waals surface area contributed by atoms with Crippen LogP contribution in [0.2, 0.25) is 0 Å². The largest absolute Gasteiger partial charge is 0.380 e. The highest BCUT2D eigenvalue weighted by Gasteiger charge is 2.22. The van der Waals surface area contributed by atoms with Crippen molar-refractivity contribution in [1.82, 2.24) is 0 Å². The van der Waals surface area contributed by atoms with Crippen molar-refractivity contribution in [1.29, 1.82) is 0 Å². The SMILES string of the molecule is C=CCC1CCC(OCc2c(-c3ccc(-c4ccccc4)cc3)ccc(COC)c2F)CC1. The van der Waals surface area contributed by atoms with Gasteiger partial charge in [0.25, 0.3) is 0 Å². The number of halogens is 1. The molecule has 0 aliphatic heterocycles. The molecule has 0 aromatic heterocycles. The van der Waals surface area contributed by atoms with E-state index >= 15 is 4.39 Å². The Hall–Kier alpha value is -2.75. The lowest BCUT2D eigenvalue weighted by molar-refractivity contribution is 0.00633. The summed E-state index contributed by atoms with van der Waals surface area (Å²) in [6.45, 7) is 4.38. The Labute approximate surface area is 197 Å². The minimum atomic E-state index is -0.221. The summed E-state index contributed by atoms with van der Waals surface area (Å²) in [6.07, 6.45) is 7.62. The first-order valence-electron chi connectivity index (χ1n) is 11.9. The van der Waals surface area contributed by atoms with Gasteiger partial charge in [-0.2, -0.15) is 0 Å². The number of rotatable bonds is 9. The zero-order chi connectivity index (χ0) is 23.0. The molecule has 3 aromatic carbocycles. The van der Waals surface area contributed by atoms with Gasteiger partial charge in [-0.3, -0.25) is 0 Å². The van der Waals surface area contributed by atoms with Crippen LogP contribution in [0.25, 0.3) is 22.3 Å². The first kappa shape index (κ1) is 23.4. The van der Waals surface area contributed by atoms with E-state index in [0.29, 0.717) is 17.0 Å². The maximum absolute atomic E-state index is 15.5. The number of allylic oxidation sites excluding steroid dienone is 1. The lowest BCUT2D eigenvalue weighted by Gasteiger charge is -2.28. The zero-order valence-corrected chi connectivity index (χ0v) is 19.4. The molecule has 0 unspecified atom stereocenters. The predicted octanol–water partition coefficient (Wildman–Crippen LogP) is 7.96. The van der Waals surface area contributed by atoms with Gasteiger partial charge in [-0.15, -0.1) is 6.58 Å². The molecule has 1 fully saturated rings. The number of methoxy groups -OCH3 is 1. The molecule has 0 bridgehead atoms. The van der Waals surface area contributed by atoms with Gasteiger partial charge in [0.15, 0.2) is 0 Å². The molecule has 2 nitrogen and oxygen atoms in total. The Kier molecular flexibility index (Phi) is 8.09. The number of ether oxygens (including phenoxy) is 2. The maximum Gasteiger partial charge on any atom is 0.134 e. The molecular formula is C30H33FO2. The van der Waals surface area contributed by atoms with Gasteiger partial charge in [-0.1, -0.05) is 72.8 Å². The summed E-state index contributed by atoms with van der Waals surface area (Å²) in [5.74, 6) is 0.490. The van der Waals surface area contributed by atoms with Gasteiger partial charge in [0.2, 0.25) is 0 Å². The molecule has 4 rings (SSSR count). The van der Waals surface area contributed by atoms with Gasteiger partial charge in [0, 0.05) is 18.2 Å². The Bertz CT molecular complexity index is 1030. The van der Waals surface area contributed by atoms with Crippen LogP contribution in [0.4, 0.5) is 4.39 Å². The summed E-state index contributed by atoms with van der Waals surface area (Å²) >= 11 is 0. The highest BCUT2D eigenvalue weighted by atomic mass is 19.1. The van der Waals surface area contributed by atoms with Crippen molar-refractivity contribution in [3.05, 3.63) is 96.3 Å². The average Bonchev–Trinajstić information content (AvgIpc) is 2.86. The van der Waals surface area contributed by atoms with E-state index in [2.05, 4.69) is 43.0 Å². The van der Waals surface area contributed by atoms with Crippen molar-refractivity contribution in [3.63, 3.8) is 0 Å². The van der Waals surface area contributed by atoms with Gasteiger partial charge in [-0.25, -0.2) is 4.39 Å². The van der Waals surface area contributed by atoms with Crippen LogP contribution in [-0.4, -0.2) is 13.2 Å². The minimum Gasteiger partial charge on any atom is -0.380 e. The third-order valence-corrected chi connectivity index (χ3v) is 6.68. The molecule has 3 aromatic rings. The second-order valence-electron chi connectivity index (χ2n) is 8.92. The van der Waals surface area contributed by atoms with Crippen LogP contribution in [0, 0.1) is 11.7 Å². The lowest BCUT2D eigenvalue weighted by atomic mass is 9.85. The van der Waals surface area contributed by atoms with E-state index in [0.717, 1.165) is 48.8 Å². The van der Waals surface area contributed by atoms with Crippen LogP contribution in [-0.2, 0) is 22.7 Å². The molecule has 0 radical (unpaired) electrons. The molecule has 33 heavy (non-hydrogen) atoms. The highest BCUT2D eigenvalue weighted by Crippen LogP contribution is 2.33. The topological polar surface area (TPSA) is 18.5 Å². The first-order chi connectivity index (χ1) is 16.2. The average molecular weight is 445 g/mol. The van der Waals surface area contributed by atoms with Crippen LogP contribution >= 0.6 is 0 Å². The predicted molar refractivity (Wildman–Crippen MR) is 133 cm³/mol. The van der Waals surface area contributed by atoms with Crippen LogP contribution in [0.3, 0.4) is 0 Å². The lowest BCUT2D eigenvalue weighted by Crippen LogP contribution is -2.21. The smallest absolute Gasteiger partial charge is 0.134 e. The zero-order valence-electron chi connectivity index (χ0n) is 19.4. The van der Waals surface area contributed by atoms with Gasteiger partial charge >= 0.3 is 0 Å². The fraction of sp³-hybridized carbons (Fsp3) is 0.333. The molecule has 0 atom stereocenters. The quantitative estimate of drug-likeness (QED) is 0.312. The second kappa shape index (κ2) is 11.4. The summed E-state index contributed by atoms with van der Waals surface area (Å²) in [5.41, 5.74) is 5.37. The van der Waals surface area contributed by atoms with Crippen molar-refractivity contribution in [2.75, 3.05) is 7.11 Å². The van der Waals surface area contributed by atoms with E-state index in [1.165, 1.54) is 5.56 Å². The molecule has 1 saturated carbocycles. The second-order valence-corrected chi connectivity index (χ2v) is 8.92. The number of hydrogen-bond donors (Lipinski definition) is 0. The van der Waals surface area contributed by atoms with Crippen molar-refractivity contribution >= 4 is 0 Å². The molecule has 1 aliphatic rings. The van der Waals surface area contributed by atoms with Gasteiger partial charge in [-0.05, 0) is 60.3 Å². The standard InChI is InChI=1S/C30H33FO2/c1-3-7-22-10-17-27(18-11-22)33-21-29-28(19-16-26(20-32-2)30(29)31)25-14-12-24(13-15-25)23-8-5-4-6-9-23/h3-6,8-9,12-16,19,22,27H,1,7,10-11,17-18,20-21H2,2H3. The molecule has 0 spiro atoms. The molecule has 3 heteroatoms. The van der Waals surface area contributed by atoms with E-state index in [-0.39, 0.29) is 25.1 Å². The Morgan fingerprint density at radius 2 is 1.52 bits per heavy atom. The number of benzene rings is 3. The summed E-state index contributed by atoms with van der Waals surface area (Å²) in [7, 11) is 1.59. The van der Waals surface area contributed by atoms with Crippen molar-refractivity contribution in [2.24, 2.45) is 5.92 Å². The fourth-order valence-electron chi connectivity index (χ4n) is 4.79. The van der Waals surface area contributed by atoms with Gasteiger partial charge < -0.3 is 9.47 Å². The van der Waals surface area contributed by atoms with Crippen LogP contribution in [0.15, 0.2) is 79.4 Å². The fourth-order valence-corrected chi connectivity index (χ4v) is 4.79.